The normalized spacial score (nSPS) is 20.5. The van der Waals surface area contributed by atoms with Crippen molar-refractivity contribution < 1.29 is 27.6 Å². The van der Waals surface area contributed by atoms with E-state index < -0.39 is 36.7 Å². The summed E-state index contributed by atoms with van der Waals surface area (Å²) < 4.78 is 51.1. The fourth-order valence-electron chi connectivity index (χ4n) is 2.34. The highest BCUT2D eigenvalue weighted by Crippen LogP contribution is 2.39. The fourth-order valence-corrected chi connectivity index (χ4v) is 2.34. The first-order chi connectivity index (χ1) is 10.9. The van der Waals surface area contributed by atoms with Crippen LogP contribution in [-0.2, 0) is 15.5 Å². The van der Waals surface area contributed by atoms with Crippen LogP contribution in [0, 0.1) is 0 Å². The van der Waals surface area contributed by atoms with Crippen molar-refractivity contribution >= 4 is 18.9 Å². The number of aliphatic hydroxyl groups is 1. The third-order valence-corrected chi connectivity index (χ3v) is 4.46. The summed E-state index contributed by atoms with van der Waals surface area (Å²) in [5.74, 6) is 0. The molecule has 1 saturated heterocycles. The van der Waals surface area contributed by atoms with Crippen LogP contribution in [-0.4, -0.2) is 30.0 Å². The lowest BCUT2D eigenvalue weighted by atomic mass is 9.77. The maximum absolute atomic E-state index is 13.2. The molecule has 1 aliphatic rings. The molecule has 1 heterocycles. The van der Waals surface area contributed by atoms with Crippen molar-refractivity contribution in [3.8, 4) is 0 Å². The molecule has 8 heteroatoms. The van der Waals surface area contributed by atoms with Crippen LogP contribution in [0.5, 0.6) is 0 Å². The maximum Gasteiger partial charge on any atom is 0.492 e. The summed E-state index contributed by atoms with van der Waals surface area (Å²) in [4.78, 5) is 0. The molecule has 2 rings (SSSR count). The summed E-state index contributed by atoms with van der Waals surface area (Å²) >= 11 is 0. The van der Waals surface area contributed by atoms with E-state index in [0.717, 1.165) is 6.07 Å². The van der Waals surface area contributed by atoms with Gasteiger partial charge in [-0.25, -0.2) is 0 Å². The third-order valence-electron chi connectivity index (χ3n) is 4.46. The van der Waals surface area contributed by atoms with Crippen LogP contribution < -0.4 is 5.73 Å². The first-order valence-electron chi connectivity index (χ1n) is 7.51. The first kappa shape index (κ1) is 18.8. The minimum Gasteiger partial charge on any atom is -0.400 e. The topological polar surface area (TPSA) is 64.7 Å². The van der Waals surface area contributed by atoms with Crippen molar-refractivity contribution in [2.75, 3.05) is 12.3 Å². The van der Waals surface area contributed by atoms with Crippen LogP contribution in [0.15, 0.2) is 23.7 Å². The molecule has 1 aromatic rings. The molecule has 132 valence electrons. The van der Waals surface area contributed by atoms with Crippen molar-refractivity contribution in [2.45, 2.75) is 45.1 Å². The predicted molar refractivity (Wildman–Crippen MR) is 87.0 cm³/mol. The second-order valence-corrected chi connectivity index (χ2v) is 6.81. The highest BCUT2D eigenvalue weighted by molar-refractivity contribution is 6.55. The van der Waals surface area contributed by atoms with Crippen molar-refractivity contribution in [1.29, 1.82) is 0 Å². The van der Waals surface area contributed by atoms with Gasteiger partial charge in [0.25, 0.3) is 0 Å². The quantitative estimate of drug-likeness (QED) is 0.653. The van der Waals surface area contributed by atoms with Crippen molar-refractivity contribution in [3.05, 3.63) is 34.8 Å². The number of halogens is 3. The van der Waals surface area contributed by atoms with E-state index >= 15 is 0 Å². The van der Waals surface area contributed by atoms with Crippen LogP contribution >= 0.6 is 0 Å². The summed E-state index contributed by atoms with van der Waals surface area (Å²) in [6.07, 6.45) is -3.31. The van der Waals surface area contributed by atoms with E-state index in [0.29, 0.717) is 0 Å². The zero-order chi connectivity index (χ0) is 18.3. The van der Waals surface area contributed by atoms with Gasteiger partial charge >= 0.3 is 13.3 Å². The Bertz CT molecular complexity index is 640. The third kappa shape index (κ3) is 3.60. The average Bonchev–Trinajstić information content (AvgIpc) is 2.63. The molecule has 0 amide bonds. The second kappa shape index (κ2) is 6.09. The van der Waals surface area contributed by atoms with E-state index in [1.807, 2.05) is 27.7 Å². The molecular weight excluding hydrogens is 322 g/mol. The minimum absolute atomic E-state index is 0.138. The lowest BCUT2D eigenvalue weighted by molar-refractivity contribution is -0.137. The summed E-state index contributed by atoms with van der Waals surface area (Å²) in [6.45, 7) is 6.80. The van der Waals surface area contributed by atoms with Gasteiger partial charge in [0, 0.05) is 5.69 Å². The Morgan fingerprint density at radius 1 is 1.21 bits per heavy atom. The van der Waals surface area contributed by atoms with Gasteiger partial charge in [-0.2, -0.15) is 13.2 Å². The van der Waals surface area contributed by atoms with Gasteiger partial charge in [0.2, 0.25) is 0 Å². The SMILES string of the molecule is CC1(C)OB(C(=Cc2cc(N)ccc2C(F)(F)F)CO)OC1(C)C. The second-order valence-electron chi connectivity index (χ2n) is 6.81. The Balaban J connectivity index is 2.44. The van der Waals surface area contributed by atoms with Gasteiger partial charge in [0.1, 0.15) is 0 Å². The summed E-state index contributed by atoms with van der Waals surface area (Å²) in [6, 6.07) is 3.32. The Morgan fingerprint density at radius 3 is 2.21 bits per heavy atom. The molecule has 0 atom stereocenters. The lowest BCUT2D eigenvalue weighted by Crippen LogP contribution is -2.41. The summed E-state index contributed by atoms with van der Waals surface area (Å²) in [5.41, 5.74) is 3.71. The lowest BCUT2D eigenvalue weighted by Gasteiger charge is -2.32. The van der Waals surface area contributed by atoms with Gasteiger partial charge < -0.3 is 20.1 Å². The van der Waals surface area contributed by atoms with Gasteiger partial charge in [-0.05, 0) is 56.9 Å². The maximum atomic E-state index is 13.2. The number of aliphatic hydroxyl groups excluding tert-OH is 1. The number of alkyl halides is 3. The molecule has 0 unspecified atom stereocenters. The molecule has 0 bridgehead atoms. The molecule has 4 nitrogen and oxygen atoms in total. The number of nitrogen functional groups attached to an aromatic ring is 1. The number of hydrogen-bond acceptors (Lipinski definition) is 4. The van der Waals surface area contributed by atoms with E-state index in [1.165, 1.54) is 18.2 Å². The van der Waals surface area contributed by atoms with Crippen LogP contribution in [0.3, 0.4) is 0 Å². The Labute approximate surface area is 139 Å². The standard InChI is InChI=1S/C16H21BF3NO3/c1-14(2)15(3,4)24-17(23-14)11(9-22)7-10-8-12(21)5-6-13(10)16(18,19)20/h5-8,22H,9,21H2,1-4H3. The molecule has 0 radical (unpaired) electrons. The Hall–Kier alpha value is -1.51. The van der Waals surface area contributed by atoms with Crippen LogP contribution in [0.2, 0.25) is 0 Å². The Kier molecular flexibility index (Phi) is 4.78. The van der Waals surface area contributed by atoms with Crippen LogP contribution in [0.1, 0.15) is 38.8 Å². The molecule has 24 heavy (non-hydrogen) atoms. The Morgan fingerprint density at radius 2 is 1.75 bits per heavy atom. The molecule has 0 aromatic heterocycles. The monoisotopic (exact) mass is 343 g/mol. The fraction of sp³-hybridized carbons (Fsp3) is 0.500. The number of rotatable bonds is 3. The molecular formula is C16H21BF3NO3. The molecule has 0 spiro atoms. The van der Waals surface area contributed by atoms with Gasteiger partial charge in [-0.1, -0.05) is 6.08 Å². The molecule has 1 aromatic carbocycles. The largest absolute Gasteiger partial charge is 0.492 e. The zero-order valence-electron chi connectivity index (χ0n) is 14.1. The highest BCUT2D eigenvalue weighted by atomic mass is 19.4. The predicted octanol–water partition coefficient (Wildman–Crippen LogP) is 3.29. The number of nitrogens with two attached hydrogens (primary N) is 1. The van der Waals surface area contributed by atoms with Gasteiger partial charge in [0.15, 0.2) is 0 Å². The highest BCUT2D eigenvalue weighted by Gasteiger charge is 2.52. The molecule has 0 saturated carbocycles. The zero-order valence-corrected chi connectivity index (χ0v) is 14.1. The van der Waals surface area contributed by atoms with Gasteiger partial charge in [0.05, 0.1) is 23.4 Å². The number of hydrogen-bond donors (Lipinski definition) is 2. The van der Waals surface area contributed by atoms with E-state index in [-0.39, 0.29) is 16.7 Å². The van der Waals surface area contributed by atoms with Gasteiger partial charge in [-0.3, -0.25) is 0 Å². The van der Waals surface area contributed by atoms with Crippen molar-refractivity contribution in [2.24, 2.45) is 0 Å². The van der Waals surface area contributed by atoms with E-state index in [9.17, 15) is 18.3 Å². The van der Waals surface area contributed by atoms with Crippen molar-refractivity contribution in [1.82, 2.24) is 0 Å². The van der Waals surface area contributed by atoms with Gasteiger partial charge in [-0.15, -0.1) is 0 Å². The molecule has 0 aliphatic carbocycles. The molecule has 3 N–H and O–H groups in total. The average molecular weight is 343 g/mol. The first-order valence-corrected chi connectivity index (χ1v) is 7.51. The molecule has 1 aliphatic heterocycles. The summed E-state index contributed by atoms with van der Waals surface area (Å²) in [7, 11) is -0.928. The minimum atomic E-state index is -4.53. The van der Waals surface area contributed by atoms with E-state index in [2.05, 4.69) is 0 Å². The number of benzene rings is 1. The van der Waals surface area contributed by atoms with Crippen molar-refractivity contribution in [3.63, 3.8) is 0 Å². The van der Waals surface area contributed by atoms with Crippen LogP contribution in [0.4, 0.5) is 18.9 Å². The summed E-state index contributed by atoms with van der Waals surface area (Å²) in [5, 5.41) is 9.61. The van der Waals surface area contributed by atoms with Crippen LogP contribution in [0.25, 0.3) is 6.08 Å². The number of anilines is 1. The van der Waals surface area contributed by atoms with E-state index in [1.54, 1.807) is 0 Å². The molecule has 1 fully saturated rings. The van der Waals surface area contributed by atoms with E-state index in [4.69, 9.17) is 15.0 Å². The smallest absolute Gasteiger partial charge is 0.400 e.